The molecule has 0 radical (unpaired) electrons. The number of hydrogen-bond donors (Lipinski definition) is 0. The van der Waals surface area contributed by atoms with Crippen LogP contribution in [-0.4, -0.2) is 14.1 Å². The van der Waals surface area contributed by atoms with Crippen molar-refractivity contribution in [2.75, 3.05) is 0 Å². The molecular weight excluding hydrogens is 156 g/mol. The molecule has 0 aromatic rings. The number of carbonyl (C=O) groups is 1. The zero-order valence-electron chi connectivity index (χ0n) is 7.89. The number of carbonyl (C=O) groups excluding carboxylic acids is 1. The fourth-order valence-electron chi connectivity index (χ4n) is 0.799. The van der Waals surface area contributed by atoms with Crippen molar-refractivity contribution < 1.29 is 9.22 Å². The van der Waals surface area contributed by atoms with Gasteiger partial charge in [0.15, 0.2) is 5.78 Å². The SMILES string of the molecule is CC(=O)/C=C(\C)O[Si](C)(C)C. The number of ketones is 1. The van der Waals surface area contributed by atoms with Crippen molar-refractivity contribution in [3.63, 3.8) is 0 Å². The molecular formula is C8H16O2Si. The summed E-state index contributed by atoms with van der Waals surface area (Å²) < 4.78 is 5.53. The van der Waals surface area contributed by atoms with Crippen LogP contribution in [0.5, 0.6) is 0 Å². The largest absolute Gasteiger partial charge is 0.547 e. The Morgan fingerprint density at radius 3 is 2.00 bits per heavy atom. The normalized spacial score (nSPS) is 13.0. The third kappa shape index (κ3) is 7.32. The predicted octanol–water partition coefficient (Wildman–Crippen LogP) is 2.33. The first-order valence-corrected chi connectivity index (χ1v) is 7.10. The van der Waals surface area contributed by atoms with E-state index in [2.05, 4.69) is 19.6 Å². The molecule has 0 amide bonds. The highest BCUT2D eigenvalue weighted by Gasteiger charge is 2.15. The lowest BCUT2D eigenvalue weighted by Crippen LogP contribution is -2.24. The van der Waals surface area contributed by atoms with Crippen molar-refractivity contribution in [2.24, 2.45) is 0 Å². The van der Waals surface area contributed by atoms with Crippen molar-refractivity contribution in [3.05, 3.63) is 11.8 Å². The number of allylic oxidation sites excluding steroid dienone is 2. The van der Waals surface area contributed by atoms with Gasteiger partial charge in [0.1, 0.15) is 0 Å². The third-order valence-electron chi connectivity index (χ3n) is 0.874. The van der Waals surface area contributed by atoms with E-state index >= 15 is 0 Å². The lowest BCUT2D eigenvalue weighted by atomic mass is 10.4. The van der Waals surface area contributed by atoms with Gasteiger partial charge in [-0.15, -0.1) is 0 Å². The molecule has 0 unspecified atom stereocenters. The van der Waals surface area contributed by atoms with Gasteiger partial charge in [-0.1, -0.05) is 0 Å². The van der Waals surface area contributed by atoms with E-state index in [4.69, 9.17) is 4.43 Å². The fraction of sp³-hybridized carbons (Fsp3) is 0.625. The zero-order chi connectivity index (χ0) is 9.07. The predicted molar refractivity (Wildman–Crippen MR) is 48.9 cm³/mol. The quantitative estimate of drug-likeness (QED) is 0.371. The van der Waals surface area contributed by atoms with Gasteiger partial charge in [-0.3, -0.25) is 4.79 Å². The van der Waals surface area contributed by atoms with Crippen LogP contribution in [0.25, 0.3) is 0 Å². The van der Waals surface area contributed by atoms with E-state index in [1.54, 1.807) is 0 Å². The molecule has 0 heterocycles. The highest BCUT2D eigenvalue weighted by Crippen LogP contribution is 2.09. The Labute approximate surface area is 69.4 Å². The Morgan fingerprint density at radius 2 is 1.73 bits per heavy atom. The summed E-state index contributed by atoms with van der Waals surface area (Å²) in [5.41, 5.74) is 0. The van der Waals surface area contributed by atoms with Gasteiger partial charge >= 0.3 is 0 Å². The van der Waals surface area contributed by atoms with Gasteiger partial charge in [0.25, 0.3) is 0 Å². The minimum absolute atomic E-state index is 0.0424. The van der Waals surface area contributed by atoms with Crippen LogP contribution in [0.2, 0.25) is 19.6 Å². The third-order valence-corrected chi connectivity index (χ3v) is 1.81. The van der Waals surface area contributed by atoms with Crippen LogP contribution in [0, 0.1) is 0 Å². The van der Waals surface area contributed by atoms with Crippen molar-refractivity contribution in [1.29, 1.82) is 0 Å². The molecule has 0 aliphatic carbocycles. The maximum absolute atomic E-state index is 10.6. The summed E-state index contributed by atoms with van der Waals surface area (Å²) in [7, 11) is -1.51. The van der Waals surface area contributed by atoms with Crippen LogP contribution < -0.4 is 0 Å². The summed E-state index contributed by atoms with van der Waals surface area (Å²) >= 11 is 0. The number of rotatable bonds is 3. The molecule has 0 N–H and O–H groups in total. The van der Waals surface area contributed by atoms with E-state index in [0.717, 1.165) is 5.76 Å². The second kappa shape index (κ2) is 3.71. The Bertz CT molecular complexity index is 177. The summed E-state index contributed by atoms with van der Waals surface area (Å²) in [4.78, 5) is 10.6. The van der Waals surface area contributed by atoms with Crippen LogP contribution in [0.15, 0.2) is 11.8 Å². The molecule has 0 aromatic carbocycles. The Hall–Kier alpha value is -0.573. The van der Waals surface area contributed by atoms with Crippen molar-refractivity contribution in [2.45, 2.75) is 33.5 Å². The molecule has 0 rings (SSSR count). The molecule has 0 fully saturated rings. The van der Waals surface area contributed by atoms with Crippen molar-refractivity contribution in [1.82, 2.24) is 0 Å². The van der Waals surface area contributed by atoms with E-state index in [1.165, 1.54) is 13.0 Å². The molecule has 3 heteroatoms. The number of hydrogen-bond acceptors (Lipinski definition) is 2. The molecule has 64 valence electrons. The highest BCUT2D eigenvalue weighted by molar-refractivity contribution is 6.70. The first-order valence-electron chi connectivity index (χ1n) is 3.69. The minimum atomic E-state index is -1.51. The molecule has 0 bridgehead atoms. The summed E-state index contributed by atoms with van der Waals surface area (Å²) in [5.74, 6) is 0.775. The second-order valence-corrected chi connectivity index (χ2v) is 8.01. The van der Waals surface area contributed by atoms with Gasteiger partial charge < -0.3 is 4.43 Å². The Balaban J connectivity index is 4.07. The van der Waals surface area contributed by atoms with E-state index < -0.39 is 8.32 Å². The molecule has 0 spiro atoms. The topological polar surface area (TPSA) is 26.3 Å². The maximum Gasteiger partial charge on any atom is 0.241 e. The lowest BCUT2D eigenvalue weighted by molar-refractivity contribution is -0.112. The van der Waals surface area contributed by atoms with Gasteiger partial charge in [0.05, 0.1) is 5.76 Å². The van der Waals surface area contributed by atoms with Crippen LogP contribution in [0.3, 0.4) is 0 Å². The zero-order valence-corrected chi connectivity index (χ0v) is 8.89. The van der Waals surface area contributed by atoms with Crippen LogP contribution in [-0.2, 0) is 9.22 Å². The Morgan fingerprint density at radius 1 is 1.27 bits per heavy atom. The van der Waals surface area contributed by atoms with Gasteiger partial charge in [0, 0.05) is 6.08 Å². The highest BCUT2D eigenvalue weighted by atomic mass is 28.4. The van der Waals surface area contributed by atoms with E-state index in [1.807, 2.05) is 6.92 Å². The van der Waals surface area contributed by atoms with Gasteiger partial charge in [-0.2, -0.15) is 0 Å². The molecule has 11 heavy (non-hydrogen) atoms. The standard InChI is InChI=1S/C8H16O2Si/c1-7(9)6-8(2)10-11(3,4)5/h6H,1-5H3/b8-6+. The molecule has 0 saturated heterocycles. The van der Waals surface area contributed by atoms with Gasteiger partial charge in [-0.05, 0) is 33.5 Å². The monoisotopic (exact) mass is 172 g/mol. The molecule has 0 aliphatic heterocycles. The van der Waals surface area contributed by atoms with Crippen LogP contribution in [0.1, 0.15) is 13.8 Å². The average Bonchev–Trinajstić information content (AvgIpc) is 1.53. The summed E-state index contributed by atoms with van der Waals surface area (Å²) in [6.07, 6.45) is 1.53. The molecule has 0 aromatic heterocycles. The first kappa shape index (κ1) is 10.4. The first-order chi connectivity index (χ1) is 4.81. The summed E-state index contributed by atoms with van der Waals surface area (Å²) in [5, 5.41) is 0. The smallest absolute Gasteiger partial charge is 0.241 e. The van der Waals surface area contributed by atoms with E-state index in [0.29, 0.717) is 0 Å². The van der Waals surface area contributed by atoms with Crippen LogP contribution >= 0.6 is 0 Å². The van der Waals surface area contributed by atoms with Gasteiger partial charge in [0.2, 0.25) is 8.32 Å². The fourth-order valence-corrected chi connectivity index (χ4v) is 1.82. The second-order valence-electron chi connectivity index (χ2n) is 3.58. The minimum Gasteiger partial charge on any atom is -0.547 e. The summed E-state index contributed by atoms with van der Waals surface area (Å²) in [6, 6.07) is 0. The molecule has 2 nitrogen and oxygen atoms in total. The Kier molecular flexibility index (Phi) is 3.52. The molecule has 0 saturated carbocycles. The van der Waals surface area contributed by atoms with Gasteiger partial charge in [-0.25, -0.2) is 0 Å². The maximum atomic E-state index is 10.6. The van der Waals surface area contributed by atoms with Crippen molar-refractivity contribution in [3.8, 4) is 0 Å². The van der Waals surface area contributed by atoms with E-state index in [-0.39, 0.29) is 5.78 Å². The van der Waals surface area contributed by atoms with Crippen molar-refractivity contribution >= 4 is 14.1 Å². The summed E-state index contributed by atoms with van der Waals surface area (Å²) in [6.45, 7) is 9.61. The van der Waals surface area contributed by atoms with Crippen LogP contribution in [0.4, 0.5) is 0 Å². The molecule has 0 atom stereocenters. The van der Waals surface area contributed by atoms with E-state index in [9.17, 15) is 4.79 Å². The average molecular weight is 172 g/mol. The molecule has 0 aliphatic rings. The lowest BCUT2D eigenvalue weighted by Gasteiger charge is -2.18.